The van der Waals surface area contributed by atoms with Gasteiger partial charge in [-0.2, -0.15) is 0 Å². The third kappa shape index (κ3) is 9.73. The third-order valence-electron chi connectivity index (χ3n) is 1.94. The molecule has 0 bridgehead atoms. The highest BCUT2D eigenvalue weighted by Gasteiger charge is 2.13. The zero-order valence-corrected chi connectivity index (χ0v) is 11.6. The lowest BCUT2D eigenvalue weighted by Crippen LogP contribution is -2.06. The molecule has 0 amide bonds. The standard InChI is InChI=1S/C8H6O4.C4H6O4.C2H4/c9-7(10)5-3-1-2-4-6(5)8(11)12;5-3(6)1-2-4(7)8;1-2/h1-4H,(H,9,10)(H,11,12);1-2H2,(H,5,6)(H,7,8);1-2H2. The number of carbonyl (C=O) groups is 4. The predicted molar refractivity (Wildman–Crippen MR) is 76.1 cm³/mol. The molecule has 0 spiro atoms. The number of hydrogen-bond donors (Lipinski definition) is 4. The van der Waals surface area contributed by atoms with E-state index in [1.54, 1.807) is 0 Å². The highest BCUT2D eigenvalue weighted by molar-refractivity contribution is 6.01. The molecule has 0 unspecified atom stereocenters. The topological polar surface area (TPSA) is 149 Å². The van der Waals surface area contributed by atoms with Gasteiger partial charge >= 0.3 is 23.9 Å². The third-order valence-corrected chi connectivity index (χ3v) is 1.94. The van der Waals surface area contributed by atoms with Crippen LogP contribution in [0.5, 0.6) is 0 Å². The summed E-state index contributed by atoms with van der Waals surface area (Å²) < 4.78 is 0. The van der Waals surface area contributed by atoms with E-state index in [1.807, 2.05) is 0 Å². The molecular formula is C14H16O8. The van der Waals surface area contributed by atoms with E-state index < -0.39 is 23.9 Å². The van der Waals surface area contributed by atoms with Gasteiger partial charge in [0.1, 0.15) is 0 Å². The van der Waals surface area contributed by atoms with Crippen molar-refractivity contribution in [2.45, 2.75) is 12.8 Å². The fraction of sp³-hybridized carbons (Fsp3) is 0.143. The molecule has 8 heteroatoms. The van der Waals surface area contributed by atoms with Gasteiger partial charge in [-0.25, -0.2) is 9.59 Å². The smallest absolute Gasteiger partial charge is 0.336 e. The van der Waals surface area contributed by atoms with Crippen molar-refractivity contribution in [2.24, 2.45) is 0 Å². The lowest BCUT2D eigenvalue weighted by Gasteiger charge is -1.98. The van der Waals surface area contributed by atoms with Crippen molar-refractivity contribution in [3.05, 3.63) is 48.6 Å². The fourth-order valence-corrected chi connectivity index (χ4v) is 1.07. The SMILES string of the molecule is C=C.O=C(O)CCC(=O)O.O=C(O)c1ccccc1C(=O)O. The molecule has 0 saturated heterocycles. The molecule has 4 N–H and O–H groups in total. The van der Waals surface area contributed by atoms with Crippen molar-refractivity contribution in [3.63, 3.8) is 0 Å². The van der Waals surface area contributed by atoms with Crippen LogP contribution in [0.15, 0.2) is 37.4 Å². The Morgan fingerprint density at radius 2 is 1.00 bits per heavy atom. The summed E-state index contributed by atoms with van der Waals surface area (Å²) in [5.74, 6) is -4.61. The van der Waals surface area contributed by atoms with Gasteiger partial charge < -0.3 is 20.4 Å². The van der Waals surface area contributed by atoms with Gasteiger partial charge in [0, 0.05) is 0 Å². The van der Waals surface area contributed by atoms with E-state index in [9.17, 15) is 19.2 Å². The maximum absolute atomic E-state index is 10.5. The van der Waals surface area contributed by atoms with Crippen molar-refractivity contribution in [2.75, 3.05) is 0 Å². The van der Waals surface area contributed by atoms with Crippen LogP contribution in [0, 0.1) is 0 Å². The Morgan fingerprint density at radius 3 is 1.18 bits per heavy atom. The molecule has 0 heterocycles. The molecule has 1 aromatic carbocycles. The number of rotatable bonds is 5. The number of benzene rings is 1. The maximum atomic E-state index is 10.5. The van der Waals surface area contributed by atoms with Crippen LogP contribution in [0.3, 0.4) is 0 Å². The largest absolute Gasteiger partial charge is 0.481 e. The summed E-state index contributed by atoms with van der Waals surface area (Å²) in [5, 5.41) is 32.9. The van der Waals surface area contributed by atoms with E-state index >= 15 is 0 Å². The Hall–Kier alpha value is -3.16. The minimum atomic E-state index is -1.23. The van der Waals surface area contributed by atoms with Gasteiger partial charge in [-0.1, -0.05) is 12.1 Å². The fourth-order valence-electron chi connectivity index (χ4n) is 1.07. The van der Waals surface area contributed by atoms with Crippen molar-refractivity contribution < 1.29 is 39.6 Å². The summed E-state index contributed by atoms with van der Waals surface area (Å²) in [6.07, 6.45) is -0.593. The van der Waals surface area contributed by atoms with E-state index in [1.165, 1.54) is 24.3 Å². The zero-order chi connectivity index (χ0) is 17.7. The summed E-state index contributed by atoms with van der Waals surface area (Å²) in [4.78, 5) is 40.2. The maximum Gasteiger partial charge on any atom is 0.336 e. The number of carboxylic acid groups (broad SMARTS) is 4. The predicted octanol–water partition coefficient (Wildman–Crippen LogP) is 1.82. The van der Waals surface area contributed by atoms with E-state index in [2.05, 4.69) is 13.2 Å². The normalized spacial score (nSPS) is 8.36. The van der Waals surface area contributed by atoms with Crippen LogP contribution >= 0.6 is 0 Å². The van der Waals surface area contributed by atoms with E-state index in [4.69, 9.17) is 20.4 Å². The number of hydrogen-bond acceptors (Lipinski definition) is 4. The molecule has 22 heavy (non-hydrogen) atoms. The van der Waals surface area contributed by atoms with Gasteiger partial charge in [0.05, 0.1) is 24.0 Å². The quantitative estimate of drug-likeness (QED) is 0.601. The van der Waals surface area contributed by atoms with Crippen molar-refractivity contribution in [1.29, 1.82) is 0 Å². The highest BCUT2D eigenvalue weighted by Crippen LogP contribution is 2.07. The van der Waals surface area contributed by atoms with Gasteiger partial charge in [-0.05, 0) is 12.1 Å². The molecular weight excluding hydrogens is 296 g/mol. The van der Waals surface area contributed by atoms with Gasteiger partial charge in [-0.15, -0.1) is 13.2 Å². The van der Waals surface area contributed by atoms with Crippen LogP contribution in [-0.2, 0) is 9.59 Å². The van der Waals surface area contributed by atoms with Gasteiger partial charge in [0.2, 0.25) is 0 Å². The second-order valence-electron chi connectivity index (χ2n) is 3.44. The molecule has 0 aliphatic heterocycles. The molecule has 0 aromatic heterocycles. The number of aromatic carboxylic acids is 2. The minimum absolute atomic E-state index is 0.190. The molecule has 0 saturated carbocycles. The minimum Gasteiger partial charge on any atom is -0.481 e. The molecule has 0 aliphatic rings. The van der Waals surface area contributed by atoms with E-state index in [0.29, 0.717) is 0 Å². The Labute approximate surface area is 125 Å². The molecule has 0 radical (unpaired) electrons. The summed E-state index contributed by atoms with van der Waals surface area (Å²) in [7, 11) is 0. The highest BCUT2D eigenvalue weighted by atomic mass is 16.4. The van der Waals surface area contributed by atoms with E-state index in [-0.39, 0.29) is 24.0 Å². The molecule has 0 atom stereocenters. The van der Waals surface area contributed by atoms with Gasteiger partial charge in [0.25, 0.3) is 0 Å². The van der Waals surface area contributed by atoms with Crippen molar-refractivity contribution in [3.8, 4) is 0 Å². The molecule has 0 fully saturated rings. The van der Waals surface area contributed by atoms with Crippen LogP contribution in [0.2, 0.25) is 0 Å². The van der Waals surface area contributed by atoms with Crippen LogP contribution < -0.4 is 0 Å². The van der Waals surface area contributed by atoms with Crippen molar-refractivity contribution >= 4 is 23.9 Å². The van der Waals surface area contributed by atoms with Crippen LogP contribution in [0.25, 0.3) is 0 Å². The summed E-state index contributed by atoms with van der Waals surface area (Å²) >= 11 is 0. The lowest BCUT2D eigenvalue weighted by atomic mass is 10.1. The first-order chi connectivity index (χ1) is 10.3. The first-order valence-electron chi connectivity index (χ1n) is 5.75. The van der Waals surface area contributed by atoms with Crippen LogP contribution in [0.4, 0.5) is 0 Å². The molecule has 0 aliphatic carbocycles. The van der Waals surface area contributed by atoms with Crippen LogP contribution in [-0.4, -0.2) is 44.3 Å². The second-order valence-corrected chi connectivity index (χ2v) is 3.44. The number of carboxylic acids is 4. The van der Waals surface area contributed by atoms with Crippen molar-refractivity contribution in [1.82, 2.24) is 0 Å². The summed E-state index contributed by atoms with van der Waals surface area (Å²) in [5.41, 5.74) is -0.380. The first kappa shape index (κ1) is 21.1. The summed E-state index contributed by atoms with van der Waals surface area (Å²) in [6, 6.07) is 5.48. The molecule has 1 rings (SSSR count). The number of aliphatic carboxylic acids is 2. The lowest BCUT2D eigenvalue weighted by molar-refractivity contribution is -0.143. The monoisotopic (exact) mass is 312 g/mol. The second kappa shape index (κ2) is 11.6. The zero-order valence-electron chi connectivity index (χ0n) is 11.6. The first-order valence-corrected chi connectivity index (χ1v) is 5.75. The average molecular weight is 312 g/mol. The Bertz CT molecular complexity index is 488. The van der Waals surface area contributed by atoms with E-state index in [0.717, 1.165) is 0 Å². The Morgan fingerprint density at radius 1 is 0.727 bits per heavy atom. The Balaban J connectivity index is 0. The summed E-state index contributed by atoms with van der Waals surface area (Å²) in [6.45, 7) is 6.00. The van der Waals surface area contributed by atoms with Gasteiger partial charge in [0.15, 0.2) is 0 Å². The molecule has 120 valence electrons. The van der Waals surface area contributed by atoms with Gasteiger partial charge in [-0.3, -0.25) is 9.59 Å². The molecule has 1 aromatic rings. The Kier molecular flexibility index (Phi) is 11.2. The van der Waals surface area contributed by atoms with Crippen LogP contribution in [0.1, 0.15) is 33.6 Å². The average Bonchev–Trinajstić information content (AvgIpc) is 2.47. The molecule has 8 nitrogen and oxygen atoms in total.